The molecule has 0 aliphatic heterocycles. The van der Waals surface area contributed by atoms with Crippen LogP contribution in [0.3, 0.4) is 0 Å². The molecule has 0 fully saturated rings. The number of ether oxygens (including phenoxy) is 1. The maximum absolute atomic E-state index is 12.5. The Morgan fingerprint density at radius 2 is 1.83 bits per heavy atom. The van der Waals surface area contributed by atoms with E-state index in [1.807, 2.05) is 0 Å². The highest BCUT2D eigenvalue weighted by molar-refractivity contribution is 5.97. The van der Waals surface area contributed by atoms with Crippen LogP contribution in [0.4, 0.5) is 18.9 Å². The smallest absolute Gasteiger partial charge is 0.385 e. The Morgan fingerprint density at radius 1 is 1.22 bits per heavy atom. The van der Waals surface area contributed by atoms with Crippen LogP contribution in [0.1, 0.15) is 18.9 Å². The maximum atomic E-state index is 12.5. The van der Waals surface area contributed by atoms with E-state index in [4.69, 9.17) is 4.74 Å². The minimum Gasteiger partial charge on any atom is -0.385 e. The molecule has 0 saturated carbocycles. The van der Waals surface area contributed by atoms with Crippen molar-refractivity contribution in [3.05, 3.63) is 29.8 Å². The molecule has 0 aliphatic rings. The zero-order valence-electron chi connectivity index (χ0n) is 12.9. The van der Waals surface area contributed by atoms with Gasteiger partial charge in [-0.15, -0.1) is 0 Å². The third-order valence-electron chi connectivity index (χ3n) is 3.04. The number of halogens is 3. The number of alkyl halides is 3. The fourth-order valence-electron chi connectivity index (χ4n) is 1.86. The molecule has 0 atom stereocenters. The summed E-state index contributed by atoms with van der Waals surface area (Å²) in [6.45, 7) is 1.88. The lowest BCUT2D eigenvalue weighted by molar-refractivity contribution is -0.137. The summed E-state index contributed by atoms with van der Waals surface area (Å²) in [4.78, 5) is 24.6. The molecule has 0 bridgehead atoms. The van der Waals surface area contributed by atoms with Gasteiger partial charge in [-0.3, -0.25) is 9.59 Å². The van der Waals surface area contributed by atoms with Gasteiger partial charge in [0.15, 0.2) is 0 Å². The normalized spacial score (nSPS) is 11.2. The third-order valence-corrected chi connectivity index (χ3v) is 3.04. The first-order valence-corrected chi connectivity index (χ1v) is 6.96. The second kappa shape index (κ2) is 8.52. The molecule has 2 amide bonds. The van der Waals surface area contributed by atoms with Crippen LogP contribution < -0.4 is 10.2 Å². The van der Waals surface area contributed by atoms with Crippen molar-refractivity contribution in [1.82, 2.24) is 5.32 Å². The van der Waals surface area contributed by atoms with Crippen LogP contribution in [0.5, 0.6) is 0 Å². The van der Waals surface area contributed by atoms with Gasteiger partial charge in [0.1, 0.15) is 6.54 Å². The lowest BCUT2D eigenvalue weighted by Crippen LogP contribution is -2.40. The molecule has 0 heterocycles. The largest absolute Gasteiger partial charge is 0.416 e. The Labute approximate surface area is 132 Å². The van der Waals surface area contributed by atoms with Crippen LogP contribution in [0.2, 0.25) is 0 Å². The third kappa shape index (κ3) is 6.27. The molecule has 0 radical (unpaired) electrons. The van der Waals surface area contributed by atoms with E-state index in [2.05, 4.69) is 5.32 Å². The summed E-state index contributed by atoms with van der Waals surface area (Å²) in [6, 6.07) is 4.09. The number of anilines is 1. The molecule has 128 valence electrons. The number of carbonyl (C=O) groups excluding carboxylic acids is 2. The number of hydrogen-bond acceptors (Lipinski definition) is 3. The molecule has 0 spiro atoms. The molecule has 1 aromatic rings. The van der Waals surface area contributed by atoms with Gasteiger partial charge < -0.3 is 15.0 Å². The highest BCUT2D eigenvalue weighted by Gasteiger charge is 2.30. The van der Waals surface area contributed by atoms with Gasteiger partial charge in [-0.2, -0.15) is 13.2 Å². The number of carbonyl (C=O) groups is 2. The summed E-state index contributed by atoms with van der Waals surface area (Å²) >= 11 is 0. The van der Waals surface area contributed by atoms with Crippen molar-refractivity contribution >= 4 is 17.5 Å². The summed E-state index contributed by atoms with van der Waals surface area (Å²) in [5.74, 6) is -0.826. The van der Waals surface area contributed by atoms with Gasteiger partial charge >= 0.3 is 6.18 Å². The summed E-state index contributed by atoms with van der Waals surface area (Å²) in [6.07, 6.45) is -3.82. The number of rotatable bonds is 7. The molecular formula is C15H19F3N2O3. The molecule has 0 aromatic heterocycles. The standard InChI is InChI=1S/C15H19F3N2O3/c1-11(21)20(10-14(22)19-8-3-9-23-2)13-6-4-12(5-7-13)15(16,17)18/h4-7H,3,8-10H2,1-2H3,(H,19,22). The van der Waals surface area contributed by atoms with Crippen molar-refractivity contribution in [3.63, 3.8) is 0 Å². The second-order valence-electron chi connectivity index (χ2n) is 4.85. The van der Waals surface area contributed by atoms with Crippen molar-refractivity contribution in [2.45, 2.75) is 19.5 Å². The lowest BCUT2D eigenvalue weighted by Gasteiger charge is -2.21. The van der Waals surface area contributed by atoms with Gasteiger partial charge in [0.25, 0.3) is 0 Å². The number of hydrogen-bond donors (Lipinski definition) is 1. The van der Waals surface area contributed by atoms with Crippen molar-refractivity contribution in [2.24, 2.45) is 0 Å². The van der Waals surface area contributed by atoms with Crippen LogP contribution in [0.15, 0.2) is 24.3 Å². The average Bonchev–Trinajstić information content (AvgIpc) is 2.48. The highest BCUT2D eigenvalue weighted by Crippen LogP contribution is 2.30. The Morgan fingerprint density at radius 3 is 2.30 bits per heavy atom. The number of methoxy groups -OCH3 is 1. The van der Waals surface area contributed by atoms with E-state index in [1.54, 1.807) is 7.11 Å². The SMILES string of the molecule is COCCCNC(=O)CN(C(C)=O)c1ccc(C(F)(F)F)cc1. The van der Waals surface area contributed by atoms with E-state index in [-0.39, 0.29) is 12.2 Å². The van der Waals surface area contributed by atoms with Crippen LogP contribution in [0, 0.1) is 0 Å². The number of benzene rings is 1. The number of nitrogens with zero attached hydrogens (tertiary/aromatic N) is 1. The molecule has 23 heavy (non-hydrogen) atoms. The van der Waals surface area contributed by atoms with E-state index in [0.717, 1.165) is 17.0 Å². The molecule has 0 saturated heterocycles. The van der Waals surface area contributed by atoms with Gasteiger partial charge in [0.05, 0.1) is 5.56 Å². The van der Waals surface area contributed by atoms with Crippen molar-refractivity contribution in [3.8, 4) is 0 Å². The molecule has 1 aromatic carbocycles. The first-order chi connectivity index (χ1) is 10.8. The van der Waals surface area contributed by atoms with Crippen LogP contribution >= 0.6 is 0 Å². The van der Waals surface area contributed by atoms with E-state index in [9.17, 15) is 22.8 Å². The number of amides is 2. The van der Waals surface area contributed by atoms with Crippen molar-refractivity contribution in [2.75, 3.05) is 31.7 Å². The quantitative estimate of drug-likeness (QED) is 0.779. The Kier molecular flexibility index (Phi) is 7.02. The molecule has 0 unspecified atom stereocenters. The zero-order chi connectivity index (χ0) is 17.5. The zero-order valence-corrected chi connectivity index (χ0v) is 12.9. The first kappa shape index (κ1) is 19.0. The van der Waals surface area contributed by atoms with Gasteiger partial charge in [0, 0.05) is 32.9 Å². The molecule has 0 aliphatic carbocycles. The predicted molar refractivity (Wildman–Crippen MR) is 79.0 cm³/mol. The summed E-state index contributed by atoms with van der Waals surface area (Å²) in [5, 5.41) is 2.62. The van der Waals surface area contributed by atoms with E-state index >= 15 is 0 Å². The Balaban J connectivity index is 2.71. The summed E-state index contributed by atoms with van der Waals surface area (Å²) in [5.41, 5.74) is -0.577. The Hall–Kier alpha value is -2.09. The van der Waals surface area contributed by atoms with Crippen LogP contribution in [-0.2, 0) is 20.5 Å². The van der Waals surface area contributed by atoms with E-state index in [0.29, 0.717) is 19.6 Å². The molecule has 1 rings (SSSR count). The number of nitrogens with one attached hydrogen (secondary N) is 1. The predicted octanol–water partition coefficient (Wildman–Crippen LogP) is 2.21. The maximum Gasteiger partial charge on any atom is 0.416 e. The van der Waals surface area contributed by atoms with Crippen LogP contribution in [0.25, 0.3) is 0 Å². The average molecular weight is 332 g/mol. The van der Waals surface area contributed by atoms with Gasteiger partial charge in [0.2, 0.25) is 11.8 Å². The van der Waals surface area contributed by atoms with E-state index < -0.39 is 23.6 Å². The van der Waals surface area contributed by atoms with Gasteiger partial charge in [-0.25, -0.2) is 0 Å². The molecule has 1 N–H and O–H groups in total. The van der Waals surface area contributed by atoms with Crippen molar-refractivity contribution in [1.29, 1.82) is 0 Å². The highest BCUT2D eigenvalue weighted by atomic mass is 19.4. The first-order valence-electron chi connectivity index (χ1n) is 6.96. The summed E-state index contributed by atoms with van der Waals surface area (Å²) < 4.78 is 42.5. The molecule has 5 nitrogen and oxygen atoms in total. The molecule has 8 heteroatoms. The van der Waals surface area contributed by atoms with Gasteiger partial charge in [-0.1, -0.05) is 0 Å². The second-order valence-corrected chi connectivity index (χ2v) is 4.85. The minimum absolute atomic E-state index is 0.234. The minimum atomic E-state index is -4.45. The lowest BCUT2D eigenvalue weighted by atomic mass is 10.2. The van der Waals surface area contributed by atoms with Gasteiger partial charge in [-0.05, 0) is 30.7 Å². The fourth-order valence-corrected chi connectivity index (χ4v) is 1.86. The monoisotopic (exact) mass is 332 g/mol. The summed E-state index contributed by atoms with van der Waals surface area (Å²) in [7, 11) is 1.55. The van der Waals surface area contributed by atoms with E-state index in [1.165, 1.54) is 19.1 Å². The fraction of sp³-hybridized carbons (Fsp3) is 0.467. The van der Waals surface area contributed by atoms with Crippen LogP contribution in [-0.4, -0.2) is 38.6 Å². The molecular weight excluding hydrogens is 313 g/mol. The topological polar surface area (TPSA) is 58.6 Å². The Bertz CT molecular complexity index is 530. The van der Waals surface area contributed by atoms with Crippen molar-refractivity contribution < 1.29 is 27.5 Å².